The summed E-state index contributed by atoms with van der Waals surface area (Å²) < 4.78 is 0. The Bertz CT molecular complexity index is 283. The minimum absolute atomic E-state index is 0.438. The summed E-state index contributed by atoms with van der Waals surface area (Å²) >= 11 is 0. The summed E-state index contributed by atoms with van der Waals surface area (Å²) in [4.78, 5) is 8.75. The molecule has 0 aliphatic heterocycles. The Balaban J connectivity index is 2.99. The van der Waals surface area contributed by atoms with Crippen molar-refractivity contribution in [3.63, 3.8) is 0 Å². The first-order valence-electron chi connectivity index (χ1n) is 4.70. The lowest BCUT2D eigenvalue weighted by Gasteiger charge is -2.09. The van der Waals surface area contributed by atoms with E-state index in [1.165, 1.54) is 0 Å². The van der Waals surface area contributed by atoms with E-state index in [2.05, 4.69) is 29.1 Å². The SMILES string of the molecule is CCC(C)c1ncc(C)c(NC)n1. The lowest BCUT2D eigenvalue weighted by molar-refractivity contribution is 0.678. The molecule has 0 fully saturated rings. The molecule has 0 amide bonds. The highest BCUT2D eigenvalue weighted by Gasteiger charge is 2.07. The first kappa shape index (κ1) is 9.96. The molecule has 0 saturated heterocycles. The molecule has 1 rings (SSSR count). The summed E-state index contributed by atoms with van der Waals surface area (Å²) in [6.45, 7) is 6.29. The van der Waals surface area contributed by atoms with E-state index in [1.807, 2.05) is 20.2 Å². The second-order valence-corrected chi connectivity index (χ2v) is 3.32. The first-order valence-corrected chi connectivity index (χ1v) is 4.70. The molecule has 0 aromatic carbocycles. The quantitative estimate of drug-likeness (QED) is 0.774. The van der Waals surface area contributed by atoms with Crippen molar-refractivity contribution in [3.8, 4) is 0 Å². The van der Waals surface area contributed by atoms with Gasteiger partial charge in [0.05, 0.1) is 0 Å². The van der Waals surface area contributed by atoms with E-state index in [4.69, 9.17) is 0 Å². The highest BCUT2D eigenvalue weighted by atomic mass is 15.0. The normalized spacial score (nSPS) is 12.6. The number of rotatable bonds is 3. The van der Waals surface area contributed by atoms with E-state index in [0.717, 1.165) is 23.6 Å². The Kier molecular flexibility index (Phi) is 3.23. The van der Waals surface area contributed by atoms with Gasteiger partial charge in [0.15, 0.2) is 0 Å². The van der Waals surface area contributed by atoms with Crippen molar-refractivity contribution >= 4 is 5.82 Å². The fraction of sp³-hybridized carbons (Fsp3) is 0.600. The van der Waals surface area contributed by atoms with E-state index in [-0.39, 0.29) is 0 Å². The van der Waals surface area contributed by atoms with Crippen molar-refractivity contribution in [2.45, 2.75) is 33.1 Å². The molecule has 1 aromatic rings. The molecule has 72 valence electrons. The van der Waals surface area contributed by atoms with Crippen molar-refractivity contribution in [2.24, 2.45) is 0 Å². The monoisotopic (exact) mass is 179 g/mol. The first-order chi connectivity index (χ1) is 6.19. The summed E-state index contributed by atoms with van der Waals surface area (Å²) in [5, 5.41) is 3.06. The van der Waals surface area contributed by atoms with E-state index in [1.54, 1.807) is 0 Å². The van der Waals surface area contributed by atoms with Crippen LogP contribution in [0.3, 0.4) is 0 Å². The largest absolute Gasteiger partial charge is 0.373 e. The van der Waals surface area contributed by atoms with E-state index in [0.29, 0.717) is 5.92 Å². The molecule has 0 aliphatic carbocycles. The van der Waals surface area contributed by atoms with Gasteiger partial charge in [0.2, 0.25) is 0 Å². The molecule has 1 atom stereocenters. The van der Waals surface area contributed by atoms with Crippen LogP contribution < -0.4 is 5.32 Å². The minimum atomic E-state index is 0.438. The molecule has 3 heteroatoms. The standard InChI is InChI=1S/C10H17N3/c1-5-7(2)10-12-6-8(3)9(11-4)13-10/h6-7H,5H2,1-4H3,(H,11,12,13). The van der Waals surface area contributed by atoms with Gasteiger partial charge >= 0.3 is 0 Å². The topological polar surface area (TPSA) is 37.8 Å². The Morgan fingerprint density at radius 3 is 2.77 bits per heavy atom. The molecule has 0 radical (unpaired) electrons. The lowest BCUT2D eigenvalue weighted by Crippen LogP contribution is -2.04. The van der Waals surface area contributed by atoms with Crippen molar-refractivity contribution in [1.82, 2.24) is 9.97 Å². The van der Waals surface area contributed by atoms with Gasteiger partial charge in [-0.2, -0.15) is 0 Å². The molecular formula is C10H17N3. The van der Waals surface area contributed by atoms with Crippen LogP contribution in [0.25, 0.3) is 0 Å². The van der Waals surface area contributed by atoms with Gasteiger partial charge in [0, 0.05) is 24.7 Å². The second kappa shape index (κ2) is 4.21. The summed E-state index contributed by atoms with van der Waals surface area (Å²) in [6.07, 6.45) is 2.95. The van der Waals surface area contributed by atoms with Crippen LogP contribution in [-0.4, -0.2) is 17.0 Å². The van der Waals surface area contributed by atoms with Gasteiger partial charge < -0.3 is 5.32 Å². The van der Waals surface area contributed by atoms with Gasteiger partial charge in [-0.3, -0.25) is 0 Å². The molecule has 0 bridgehead atoms. The van der Waals surface area contributed by atoms with Gasteiger partial charge in [0.1, 0.15) is 11.6 Å². The van der Waals surface area contributed by atoms with E-state index >= 15 is 0 Å². The molecule has 0 spiro atoms. The number of nitrogens with zero attached hydrogens (tertiary/aromatic N) is 2. The second-order valence-electron chi connectivity index (χ2n) is 3.32. The predicted octanol–water partition coefficient (Wildman–Crippen LogP) is 2.34. The highest BCUT2D eigenvalue weighted by Crippen LogP contribution is 2.17. The lowest BCUT2D eigenvalue weighted by atomic mass is 10.1. The smallest absolute Gasteiger partial charge is 0.133 e. The van der Waals surface area contributed by atoms with Crippen LogP contribution in [0.5, 0.6) is 0 Å². The minimum Gasteiger partial charge on any atom is -0.373 e. The zero-order valence-electron chi connectivity index (χ0n) is 8.76. The van der Waals surface area contributed by atoms with Gasteiger partial charge in [-0.1, -0.05) is 13.8 Å². The van der Waals surface area contributed by atoms with Crippen molar-refractivity contribution in [3.05, 3.63) is 17.6 Å². The summed E-state index contributed by atoms with van der Waals surface area (Å²) in [7, 11) is 1.88. The number of hydrogen-bond acceptors (Lipinski definition) is 3. The molecule has 1 N–H and O–H groups in total. The van der Waals surface area contributed by atoms with Crippen LogP contribution in [0.4, 0.5) is 5.82 Å². The number of aryl methyl sites for hydroxylation is 1. The van der Waals surface area contributed by atoms with Crippen LogP contribution in [0, 0.1) is 6.92 Å². The Hall–Kier alpha value is -1.12. The fourth-order valence-corrected chi connectivity index (χ4v) is 1.13. The average Bonchev–Trinajstić information content (AvgIpc) is 2.17. The molecule has 13 heavy (non-hydrogen) atoms. The Morgan fingerprint density at radius 1 is 1.54 bits per heavy atom. The van der Waals surface area contributed by atoms with Gasteiger partial charge in [0.25, 0.3) is 0 Å². The summed E-state index contributed by atoms with van der Waals surface area (Å²) in [6, 6.07) is 0. The Morgan fingerprint density at radius 2 is 2.23 bits per heavy atom. The fourth-order valence-electron chi connectivity index (χ4n) is 1.13. The van der Waals surface area contributed by atoms with Crippen LogP contribution in [0.2, 0.25) is 0 Å². The van der Waals surface area contributed by atoms with E-state index in [9.17, 15) is 0 Å². The van der Waals surface area contributed by atoms with E-state index < -0.39 is 0 Å². The van der Waals surface area contributed by atoms with Gasteiger partial charge in [-0.05, 0) is 13.3 Å². The van der Waals surface area contributed by atoms with Crippen LogP contribution in [-0.2, 0) is 0 Å². The van der Waals surface area contributed by atoms with Crippen molar-refractivity contribution in [1.29, 1.82) is 0 Å². The number of hydrogen-bond donors (Lipinski definition) is 1. The number of aromatic nitrogens is 2. The molecular weight excluding hydrogens is 162 g/mol. The summed E-state index contributed by atoms with van der Waals surface area (Å²) in [5.41, 5.74) is 1.09. The van der Waals surface area contributed by atoms with Crippen LogP contribution >= 0.6 is 0 Å². The third kappa shape index (κ3) is 2.17. The predicted molar refractivity (Wildman–Crippen MR) is 55.0 cm³/mol. The number of anilines is 1. The Labute approximate surface area is 79.6 Å². The van der Waals surface area contributed by atoms with Gasteiger partial charge in [-0.25, -0.2) is 9.97 Å². The molecule has 0 saturated carbocycles. The average molecular weight is 179 g/mol. The zero-order valence-corrected chi connectivity index (χ0v) is 8.76. The third-order valence-electron chi connectivity index (χ3n) is 2.28. The maximum absolute atomic E-state index is 4.44. The van der Waals surface area contributed by atoms with Crippen LogP contribution in [0.15, 0.2) is 6.20 Å². The van der Waals surface area contributed by atoms with Crippen LogP contribution in [0.1, 0.15) is 37.6 Å². The molecule has 1 heterocycles. The van der Waals surface area contributed by atoms with Crippen molar-refractivity contribution in [2.75, 3.05) is 12.4 Å². The van der Waals surface area contributed by atoms with Gasteiger partial charge in [-0.15, -0.1) is 0 Å². The van der Waals surface area contributed by atoms with Crippen molar-refractivity contribution < 1.29 is 0 Å². The summed E-state index contributed by atoms with van der Waals surface area (Å²) in [5.74, 6) is 2.30. The molecule has 0 aliphatic rings. The maximum atomic E-state index is 4.44. The molecule has 1 unspecified atom stereocenters. The zero-order chi connectivity index (χ0) is 9.84. The maximum Gasteiger partial charge on any atom is 0.133 e. The molecule has 3 nitrogen and oxygen atoms in total. The molecule has 1 aromatic heterocycles. The number of nitrogens with one attached hydrogen (secondary N) is 1. The highest BCUT2D eigenvalue weighted by molar-refractivity contribution is 5.41. The third-order valence-corrected chi connectivity index (χ3v) is 2.28.